The second-order valence-electron chi connectivity index (χ2n) is 7.58. The Kier molecular flexibility index (Phi) is 4.15. The highest BCUT2D eigenvalue weighted by atomic mass is 16.6. The largest absolute Gasteiger partial charge is 0.455 e. The summed E-state index contributed by atoms with van der Waals surface area (Å²) in [6, 6.07) is 3.61. The molecule has 0 saturated heterocycles. The first kappa shape index (κ1) is 18.1. The molecule has 7 heteroatoms. The third kappa shape index (κ3) is 2.88. The number of fused-ring (bicyclic) bond motifs is 3. The number of aliphatic hydroxyl groups is 1. The molecule has 26 heavy (non-hydrogen) atoms. The number of nitrogens with zero attached hydrogens (tertiary/aromatic N) is 3. The Balaban J connectivity index is 2.43. The molecule has 1 aromatic carbocycles. The van der Waals surface area contributed by atoms with Gasteiger partial charge in [0.05, 0.1) is 17.0 Å². The van der Waals surface area contributed by atoms with Gasteiger partial charge in [-0.05, 0) is 46.2 Å². The number of hydrogen-bond donors (Lipinski definition) is 1. The van der Waals surface area contributed by atoms with Crippen LogP contribution in [0.5, 0.6) is 0 Å². The van der Waals surface area contributed by atoms with Crippen LogP contribution in [-0.2, 0) is 11.8 Å². The van der Waals surface area contributed by atoms with Crippen LogP contribution < -0.4 is 5.56 Å². The maximum atomic E-state index is 12.9. The van der Waals surface area contributed by atoms with Gasteiger partial charge in [-0.2, -0.15) is 0 Å². The van der Waals surface area contributed by atoms with Crippen molar-refractivity contribution in [3.05, 3.63) is 45.6 Å². The van der Waals surface area contributed by atoms with Gasteiger partial charge in [0.2, 0.25) is 0 Å². The van der Waals surface area contributed by atoms with Crippen molar-refractivity contribution in [2.24, 2.45) is 7.05 Å². The summed E-state index contributed by atoms with van der Waals surface area (Å²) in [6.07, 6.45) is 0.706. The van der Waals surface area contributed by atoms with E-state index in [2.05, 4.69) is 4.98 Å². The molecular weight excluding hydrogens is 334 g/mol. The molecule has 3 rings (SSSR count). The average Bonchev–Trinajstić information content (AvgIpc) is 2.95. The zero-order valence-corrected chi connectivity index (χ0v) is 15.8. The first-order chi connectivity index (χ1) is 12.0. The summed E-state index contributed by atoms with van der Waals surface area (Å²) < 4.78 is 8.47. The minimum absolute atomic E-state index is 0.0681. The van der Waals surface area contributed by atoms with E-state index in [0.29, 0.717) is 22.1 Å². The molecule has 0 amide bonds. The third-order valence-electron chi connectivity index (χ3n) is 4.16. The predicted molar refractivity (Wildman–Crippen MR) is 98.5 cm³/mol. The molecule has 0 saturated carbocycles. The number of carbonyl (C=O) groups excluding carboxylic acids is 1. The van der Waals surface area contributed by atoms with Crippen LogP contribution in [0.1, 0.15) is 55.4 Å². The molecule has 138 valence electrons. The van der Waals surface area contributed by atoms with Crippen LogP contribution >= 0.6 is 0 Å². The monoisotopic (exact) mass is 357 g/mol. The van der Waals surface area contributed by atoms with Gasteiger partial charge in [0.1, 0.15) is 11.9 Å². The Morgan fingerprint density at radius 2 is 1.96 bits per heavy atom. The van der Waals surface area contributed by atoms with E-state index in [4.69, 9.17) is 4.74 Å². The quantitative estimate of drug-likeness (QED) is 0.712. The van der Waals surface area contributed by atoms with Gasteiger partial charge in [-0.25, -0.2) is 9.78 Å². The first-order valence-corrected chi connectivity index (χ1v) is 8.43. The lowest BCUT2D eigenvalue weighted by Crippen LogP contribution is -2.26. The molecule has 0 aliphatic heterocycles. The lowest BCUT2D eigenvalue weighted by Gasteiger charge is -2.19. The highest BCUT2D eigenvalue weighted by Gasteiger charge is 2.25. The van der Waals surface area contributed by atoms with E-state index in [1.54, 1.807) is 45.2 Å². The molecule has 0 fully saturated rings. The number of benzene rings is 1. The number of hydrogen-bond acceptors (Lipinski definition) is 5. The van der Waals surface area contributed by atoms with E-state index in [0.717, 1.165) is 5.56 Å². The Labute approximate surface area is 150 Å². The molecule has 3 aromatic rings. The van der Waals surface area contributed by atoms with Crippen molar-refractivity contribution in [3.8, 4) is 0 Å². The SMILES string of the molecule is Cc1cc(C(C)O)c2c(c1)c(=O)n(C)c1c(C(=O)OC(C)(C)C)ncn21. The smallest absolute Gasteiger partial charge is 0.361 e. The maximum absolute atomic E-state index is 12.9. The van der Waals surface area contributed by atoms with Gasteiger partial charge >= 0.3 is 5.97 Å². The van der Waals surface area contributed by atoms with E-state index in [9.17, 15) is 14.7 Å². The third-order valence-corrected chi connectivity index (χ3v) is 4.16. The standard InChI is InChI=1S/C19H23N3O4/c1-10-7-12(11(2)23)15-13(8-10)17(24)21(6)16-14(20-9-22(15)16)18(25)26-19(3,4)5/h7-9,11,23H,1-6H3. The predicted octanol–water partition coefficient (Wildman–Crippen LogP) is 2.50. The van der Waals surface area contributed by atoms with Crippen LogP contribution in [0.4, 0.5) is 0 Å². The van der Waals surface area contributed by atoms with E-state index < -0.39 is 17.7 Å². The average molecular weight is 357 g/mol. The second-order valence-corrected chi connectivity index (χ2v) is 7.58. The number of esters is 1. The Morgan fingerprint density at radius 1 is 1.31 bits per heavy atom. The Morgan fingerprint density at radius 3 is 2.54 bits per heavy atom. The molecular formula is C19H23N3O4. The number of aliphatic hydroxyl groups excluding tert-OH is 1. The van der Waals surface area contributed by atoms with Crippen LogP contribution in [0.15, 0.2) is 23.3 Å². The fourth-order valence-corrected chi connectivity index (χ4v) is 3.13. The van der Waals surface area contributed by atoms with Gasteiger partial charge in [0.15, 0.2) is 11.3 Å². The van der Waals surface area contributed by atoms with Crippen LogP contribution in [0.25, 0.3) is 16.6 Å². The molecule has 7 nitrogen and oxygen atoms in total. The molecule has 1 unspecified atom stereocenters. The van der Waals surface area contributed by atoms with Crippen LogP contribution in [0.2, 0.25) is 0 Å². The summed E-state index contributed by atoms with van der Waals surface area (Å²) in [5.74, 6) is -0.597. The van der Waals surface area contributed by atoms with Gasteiger partial charge in [-0.1, -0.05) is 6.07 Å². The van der Waals surface area contributed by atoms with Gasteiger partial charge in [-0.15, -0.1) is 0 Å². The number of aromatic nitrogens is 3. The Bertz CT molecular complexity index is 1080. The summed E-state index contributed by atoms with van der Waals surface area (Å²) in [7, 11) is 1.59. The molecule has 2 aromatic heterocycles. The van der Waals surface area contributed by atoms with Gasteiger partial charge in [0.25, 0.3) is 5.56 Å². The van der Waals surface area contributed by atoms with Crippen molar-refractivity contribution < 1.29 is 14.6 Å². The summed E-state index contributed by atoms with van der Waals surface area (Å²) >= 11 is 0. The van der Waals surface area contributed by atoms with E-state index in [1.807, 2.05) is 13.0 Å². The molecule has 0 spiro atoms. The number of rotatable bonds is 2. The minimum atomic E-state index is -0.778. The van der Waals surface area contributed by atoms with Crippen molar-refractivity contribution in [2.75, 3.05) is 0 Å². The van der Waals surface area contributed by atoms with Crippen LogP contribution in [0.3, 0.4) is 0 Å². The molecule has 2 heterocycles. The topological polar surface area (TPSA) is 85.8 Å². The lowest BCUT2D eigenvalue weighted by molar-refractivity contribution is 0.00652. The van der Waals surface area contributed by atoms with E-state index >= 15 is 0 Å². The Hall–Kier alpha value is -2.67. The zero-order valence-electron chi connectivity index (χ0n) is 15.8. The van der Waals surface area contributed by atoms with Crippen LogP contribution in [-0.4, -0.2) is 30.6 Å². The van der Waals surface area contributed by atoms with Crippen molar-refractivity contribution in [1.29, 1.82) is 0 Å². The fourth-order valence-electron chi connectivity index (χ4n) is 3.13. The minimum Gasteiger partial charge on any atom is -0.455 e. The molecule has 1 atom stereocenters. The van der Waals surface area contributed by atoms with Crippen molar-refractivity contribution in [2.45, 2.75) is 46.3 Å². The highest BCUT2D eigenvalue weighted by Crippen LogP contribution is 2.26. The van der Waals surface area contributed by atoms with Gasteiger partial charge < -0.3 is 9.84 Å². The number of ether oxygens (including phenoxy) is 1. The van der Waals surface area contributed by atoms with E-state index in [-0.39, 0.29) is 11.3 Å². The van der Waals surface area contributed by atoms with Crippen molar-refractivity contribution in [3.63, 3.8) is 0 Å². The fraction of sp³-hybridized carbons (Fsp3) is 0.421. The number of aryl methyl sites for hydroxylation is 2. The van der Waals surface area contributed by atoms with Gasteiger partial charge in [-0.3, -0.25) is 13.8 Å². The maximum Gasteiger partial charge on any atom is 0.361 e. The number of imidazole rings is 1. The first-order valence-electron chi connectivity index (χ1n) is 8.43. The number of carbonyl (C=O) groups is 1. The lowest BCUT2D eigenvalue weighted by atomic mass is 10.0. The van der Waals surface area contributed by atoms with Crippen molar-refractivity contribution in [1.82, 2.24) is 14.0 Å². The normalized spacial score (nSPS) is 13.3. The summed E-state index contributed by atoms with van der Waals surface area (Å²) in [5, 5.41) is 10.7. The van der Waals surface area contributed by atoms with Crippen LogP contribution in [0, 0.1) is 6.92 Å². The molecule has 0 bridgehead atoms. The summed E-state index contributed by atoms with van der Waals surface area (Å²) in [6.45, 7) is 8.82. The van der Waals surface area contributed by atoms with Gasteiger partial charge in [0, 0.05) is 12.6 Å². The molecule has 1 N–H and O–H groups in total. The molecule has 0 aliphatic rings. The van der Waals surface area contributed by atoms with Crippen molar-refractivity contribution >= 4 is 22.5 Å². The summed E-state index contributed by atoms with van der Waals surface area (Å²) in [4.78, 5) is 29.7. The molecule has 0 radical (unpaired) electrons. The van der Waals surface area contributed by atoms with E-state index in [1.165, 1.54) is 10.9 Å². The second kappa shape index (κ2) is 5.95. The highest BCUT2D eigenvalue weighted by molar-refractivity contribution is 5.96. The zero-order chi connectivity index (χ0) is 19.4. The summed E-state index contributed by atoms with van der Waals surface area (Å²) in [5.41, 5.74) is 1.49. The molecule has 0 aliphatic carbocycles.